The van der Waals surface area contributed by atoms with Crippen LogP contribution in [0, 0.1) is 5.92 Å². The van der Waals surface area contributed by atoms with Crippen molar-refractivity contribution in [1.82, 2.24) is 10.6 Å². The number of hydrogen-bond acceptors (Lipinski definition) is 3. The Morgan fingerprint density at radius 1 is 1.28 bits per heavy atom. The smallest absolute Gasteiger partial charge is 0.245 e. The second-order valence-corrected chi connectivity index (χ2v) is 5.66. The molecule has 0 saturated heterocycles. The molecule has 0 heterocycles. The topological polar surface area (TPSA) is 78.4 Å². The number of hydrogen-bond donors (Lipinski definition) is 3. The molecule has 2 atom stereocenters. The number of nitrogens with one attached hydrogen (secondary N) is 2. The third-order valence-corrected chi connectivity index (χ3v) is 3.34. The zero-order valence-corrected chi connectivity index (χ0v) is 12.3. The number of carbonyl (C=O) groups is 2. The molecule has 0 spiro atoms. The fourth-order valence-corrected chi connectivity index (χ4v) is 1.59. The molecule has 0 fully saturated rings. The first-order chi connectivity index (χ1) is 8.03. The Kier molecular flexibility index (Phi) is 5.80. The first kappa shape index (κ1) is 16.9. The largest absolute Gasteiger partial charge is 0.388 e. The summed E-state index contributed by atoms with van der Waals surface area (Å²) < 4.78 is 0. The van der Waals surface area contributed by atoms with Crippen LogP contribution in [0.5, 0.6) is 0 Å². The van der Waals surface area contributed by atoms with Gasteiger partial charge in [0.2, 0.25) is 11.8 Å². The van der Waals surface area contributed by atoms with Gasteiger partial charge in [-0.25, -0.2) is 0 Å². The standard InChI is InChI=1S/C13H26N2O3/c1-7-9(2)13(6,18)8-14-11(17)12(4,5)15-10(3)16/h9,18H,7-8H2,1-6H3,(H,14,17)(H,15,16). The van der Waals surface area contributed by atoms with E-state index in [0.29, 0.717) is 0 Å². The fraction of sp³-hybridized carbons (Fsp3) is 0.846. The van der Waals surface area contributed by atoms with E-state index in [0.717, 1.165) is 6.42 Å². The minimum atomic E-state index is -0.975. The molecule has 0 bridgehead atoms. The predicted octanol–water partition coefficient (Wildman–Crippen LogP) is 0.814. The van der Waals surface area contributed by atoms with E-state index in [1.165, 1.54) is 6.92 Å². The first-order valence-electron chi connectivity index (χ1n) is 6.32. The molecule has 0 aliphatic heterocycles. The summed E-state index contributed by atoms with van der Waals surface area (Å²) in [6.45, 7) is 10.4. The molecule has 5 heteroatoms. The van der Waals surface area contributed by atoms with Crippen molar-refractivity contribution in [1.29, 1.82) is 0 Å². The molecule has 106 valence electrons. The lowest BCUT2D eigenvalue weighted by Gasteiger charge is -2.32. The molecule has 0 rings (SSSR count). The SMILES string of the molecule is CCC(C)C(C)(O)CNC(=O)C(C)(C)NC(C)=O. The minimum absolute atomic E-state index is 0.0849. The van der Waals surface area contributed by atoms with Gasteiger partial charge in [-0.3, -0.25) is 9.59 Å². The van der Waals surface area contributed by atoms with E-state index in [1.54, 1.807) is 20.8 Å². The van der Waals surface area contributed by atoms with Gasteiger partial charge in [0.1, 0.15) is 5.54 Å². The number of aliphatic hydroxyl groups is 1. The van der Waals surface area contributed by atoms with E-state index >= 15 is 0 Å². The lowest BCUT2D eigenvalue weighted by molar-refractivity contribution is -0.132. The highest BCUT2D eigenvalue weighted by atomic mass is 16.3. The molecule has 0 aliphatic carbocycles. The quantitative estimate of drug-likeness (QED) is 0.660. The summed E-state index contributed by atoms with van der Waals surface area (Å²) in [4.78, 5) is 22.9. The van der Waals surface area contributed by atoms with Gasteiger partial charge in [0.05, 0.1) is 5.60 Å². The van der Waals surface area contributed by atoms with Gasteiger partial charge in [-0.2, -0.15) is 0 Å². The molecule has 5 nitrogen and oxygen atoms in total. The molecule has 0 aliphatic rings. The fourth-order valence-electron chi connectivity index (χ4n) is 1.59. The Balaban J connectivity index is 4.46. The lowest BCUT2D eigenvalue weighted by Crippen LogP contribution is -2.57. The maximum Gasteiger partial charge on any atom is 0.245 e. The van der Waals surface area contributed by atoms with Crippen molar-refractivity contribution in [3.63, 3.8) is 0 Å². The molecule has 0 radical (unpaired) electrons. The first-order valence-corrected chi connectivity index (χ1v) is 6.32. The van der Waals surface area contributed by atoms with Gasteiger partial charge in [-0.15, -0.1) is 0 Å². The van der Waals surface area contributed by atoms with Gasteiger partial charge < -0.3 is 15.7 Å². The van der Waals surface area contributed by atoms with Crippen molar-refractivity contribution in [2.24, 2.45) is 5.92 Å². The molecule has 2 amide bonds. The normalized spacial score (nSPS) is 16.6. The van der Waals surface area contributed by atoms with Gasteiger partial charge in [0.15, 0.2) is 0 Å². The maximum atomic E-state index is 11.9. The summed E-state index contributed by atoms with van der Waals surface area (Å²) in [5.74, 6) is -0.480. The molecular weight excluding hydrogens is 232 g/mol. The molecule has 0 saturated carbocycles. The maximum absolute atomic E-state index is 11.9. The van der Waals surface area contributed by atoms with Crippen LogP contribution in [0.2, 0.25) is 0 Å². The molecule has 3 N–H and O–H groups in total. The molecule has 2 unspecified atom stereocenters. The highest BCUT2D eigenvalue weighted by Gasteiger charge is 2.32. The highest BCUT2D eigenvalue weighted by molar-refractivity contribution is 5.90. The minimum Gasteiger partial charge on any atom is -0.388 e. The molecule has 0 aromatic carbocycles. The second-order valence-electron chi connectivity index (χ2n) is 5.66. The van der Waals surface area contributed by atoms with Crippen LogP contribution in [-0.2, 0) is 9.59 Å². The van der Waals surface area contributed by atoms with E-state index in [-0.39, 0.29) is 24.3 Å². The van der Waals surface area contributed by atoms with Gasteiger partial charge in [0.25, 0.3) is 0 Å². The third-order valence-electron chi connectivity index (χ3n) is 3.34. The number of amides is 2. The average molecular weight is 258 g/mol. The van der Waals surface area contributed by atoms with Gasteiger partial charge in [-0.05, 0) is 26.7 Å². The van der Waals surface area contributed by atoms with E-state index in [2.05, 4.69) is 10.6 Å². The van der Waals surface area contributed by atoms with Crippen LogP contribution in [-0.4, -0.2) is 34.6 Å². The molecule has 0 aromatic heterocycles. The molecule has 18 heavy (non-hydrogen) atoms. The van der Waals surface area contributed by atoms with Gasteiger partial charge in [0, 0.05) is 13.5 Å². The van der Waals surface area contributed by atoms with Crippen molar-refractivity contribution in [3.05, 3.63) is 0 Å². The van der Waals surface area contributed by atoms with E-state index in [1.807, 2.05) is 13.8 Å². The average Bonchev–Trinajstić information content (AvgIpc) is 2.22. The molecular formula is C13H26N2O3. The van der Waals surface area contributed by atoms with Crippen molar-refractivity contribution in [3.8, 4) is 0 Å². The summed E-state index contributed by atoms with van der Waals surface area (Å²) >= 11 is 0. The van der Waals surface area contributed by atoms with Gasteiger partial charge >= 0.3 is 0 Å². The van der Waals surface area contributed by atoms with Crippen molar-refractivity contribution in [2.75, 3.05) is 6.54 Å². The Labute approximate surface area is 109 Å². The number of carbonyl (C=O) groups excluding carboxylic acids is 2. The zero-order chi connectivity index (χ0) is 14.6. The summed E-state index contributed by atoms with van der Waals surface area (Å²) in [5.41, 5.74) is -1.92. The Morgan fingerprint density at radius 2 is 1.78 bits per heavy atom. The van der Waals surface area contributed by atoms with Crippen molar-refractivity contribution in [2.45, 2.75) is 59.1 Å². The zero-order valence-electron chi connectivity index (χ0n) is 12.3. The monoisotopic (exact) mass is 258 g/mol. The Morgan fingerprint density at radius 3 is 2.17 bits per heavy atom. The summed E-state index contributed by atoms with van der Waals surface area (Å²) in [6, 6.07) is 0. The Hall–Kier alpha value is -1.10. The Bertz CT molecular complexity index is 311. The summed E-state index contributed by atoms with van der Waals surface area (Å²) in [6.07, 6.45) is 0.831. The number of rotatable bonds is 6. The molecule has 0 aromatic rings. The summed E-state index contributed by atoms with van der Waals surface area (Å²) in [5, 5.41) is 15.4. The second kappa shape index (κ2) is 6.18. The van der Waals surface area contributed by atoms with Gasteiger partial charge in [-0.1, -0.05) is 20.3 Å². The van der Waals surface area contributed by atoms with Crippen LogP contribution in [0.25, 0.3) is 0 Å². The highest BCUT2D eigenvalue weighted by Crippen LogP contribution is 2.19. The van der Waals surface area contributed by atoms with E-state index < -0.39 is 11.1 Å². The van der Waals surface area contributed by atoms with Crippen molar-refractivity contribution >= 4 is 11.8 Å². The van der Waals surface area contributed by atoms with Crippen LogP contribution in [0.15, 0.2) is 0 Å². The summed E-state index contributed by atoms with van der Waals surface area (Å²) in [7, 11) is 0. The van der Waals surface area contributed by atoms with Crippen LogP contribution in [0.1, 0.15) is 48.0 Å². The third kappa shape index (κ3) is 5.04. The predicted molar refractivity (Wildman–Crippen MR) is 71.0 cm³/mol. The lowest BCUT2D eigenvalue weighted by atomic mass is 9.88. The van der Waals surface area contributed by atoms with Crippen LogP contribution in [0.3, 0.4) is 0 Å². The van der Waals surface area contributed by atoms with E-state index in [4.69, 9.17) is 0 Å². The van der Waals surface area contributed by atoms with Crippen LogP contribution < -0.4 is 10.6 Å². The van der Waals surface area contributed by atoms with Crippen LogP contribution >= 0.6 is 0 Å². The van der Waals surface area contributed by atoms with Crippen LogP contribution in [0.4, 0.5) is 0 Å². The van der Waals surface area contributed by atoms with E-state index in [9.17, 15) is 14.7 Å². The van der Waals surface area contributed by atoms with Crippen molar-refractivity contribution < 1.29 is 14.7 Å².